The number of halogens is 1. The summed E-state index contributed by atoms with van der Waals surface area (Å²) in [5.74, 6) is -1.65. The molecule has 5 rings (SSSR count). The number of likely N-dealkylation sites (tertiary alicyclic amines) is 1. The van der Waals surface area contributed by atoms with E-state index >= 15 is 0 Å². The van der Waals surface area contributed by atoms with Gasteiger partial charge in [-0.05, 0) is 30.7 Å². The third-order valence-electron chi connectivity index (χ3n) is 6.13. The van der Waals surface area contributed by atoms with Crippen LogP contribution in [0.15, 0.2) is 61.3 Å². The van der Waals surface area contributed by atoms with Gasteiger partial charge in [-0.25, -0.2) is 14.1 Å². The Balaban J connectivity index is 1.61. The van der Waals surface area contributed by atoms with Gasteiger partial charge in [-0.15, -0.1) is 0 Å². The molecule has 3 aromatic heterocycles. The van der Waals surface area contributed by atoms with Gasteiger partial charge in [0.25, 0.3) is 5.91 Å². The van der Waals surface area contributed by atoms with Gasteiger partial charge < -0.3 is 9.64 Å². The van der Waals surface area contributed by atoms with Crippen LogP contribution in [0, 0.1) is 6.92 Å². The van der Waals surface area contributed by atoms with Crippen molar-refractivity contribution in [3.63, 3.8) is 0 Å². The van der Waals surface area contributed by atoms with Crippen LogP contribution in [0.3, 0.4) is 0 Å². The maximum absolute atomic E-state index is 13.3. The molecule has 1 aliphatic heterocycles. The second-order valence-electron chi connectivity index (χ2n) is 8.49. The highest BCUT2D eigenvalue weighted by molar-refractivity contribution is 5.96. The van der Waals surface area contributed by atoms with Crippen molar-refractivity contribution in [1.82, 2.24) is 29.4 Å². The molecule has 34 heavy (non-hydrogen) atoms. The average molecular weight is 461 g/mol. The fourth-order valence-corrected chi connectivity index (χ4v) is 4.26. The summed E-state index contributed by atoms with van der Waals surface area (Å²) in [5.41, 5.74) is 5.50. The largest absolute Gasteiger partial charge is 0.383 e. The van der Waals surface area contributed by atoms with Gasteiger partial charge in [0.1, 0.15) is 0 Å². The Bertz CT molecular complexity index is 1370. The molecule has 4 aromatic rings. The molecule has 1 fully saturated rings. The van der Waals surface area contributed by atoms with Crippen molar-refractivity contribution in [2.24, 2.45) is 0 Å². The summed E-state index contributed by atoms with van der Waals surface area (Å²) >= 11 is 0. The minimum absolute atomic E-state index is 0.0380. The zero-order chi connectivity index (χ0) is 23.8. The first kappa shape index (κ1) is 22.0. The number of hydrogen-bond acceptors (Lipinski definition) is 5. The smallest absolute Gasteiger partial charge is 0.282 e. The van der Waals surface area contributed by atoms with Crippen molar-refractivity contribution in [2.75, 3.05) is 26.8 Å². The minimum atomic E-state index is -0.945. The van der Waals surface area contributed by atoms with Crippen LogP contribution in [-0.2, 0) is 16.1 Å². The lowest BCUT2D eigenvalue weighted by molar-refractivity contribution is -0.133. The van der Waals surface area contributed by atoms with E-state index in [1.807, 2.05) is 59.0 Å². The number of rotatable bonds is 7. The third-order valence-corrected chi connectivity index (χ3v) is 6.13. The molecule has 174 valence electrons. The van der Waals surface area contributed by atoms with E-state index in [1.54, 1.807) is 13.3 Å². The quantitative estimate of drug-likeness (QED) is 0.394. The SMILES string of the molecule is C=C(F)C(=O)N1CC(c2nn(-c3ccc(C)cc3)c3nccc(-c4cnn(CCOC)c4)c23)C1. The van der Waals surface area contributed by atoms with Crippen LogP contribution in [0.25, 0.3) is 27.8 Å². The Kier molecular flexibility index (Phi) is 5.70. The van der Waals surface area contributed by atoms with E-state index in [0.717, 1.165) is 39.1 Å². The number of carbonyl (C=O) groups excluding carboxylic acids is 1. The molecule has 9 heteroatoms. The molecule has 0 radical (unpaired) electrons. The van der Waals surface area contributed by atoms with E-state index in [0.29, 0.717) is 26.2 Å². The predicted molar refractivity (Wildman–Crippen MR) is 126 cm³/mol. The molecular weight excluding hydrogens is 435 g/mol. The number of nitrogens with zero attached hydrogens (tertiary/aromatic N) is 6. The van der Waals surface area contributed by atoms with E-state index in [2.05, 4.69) is 16.7 Å². The molecule has 0 saturated carbocycles. The average Bonchev–Trinajstić information content (AvgIpc) is 3.42. The van der Waals surface area contributed by atoms with Crippen molar-refractivity contribution in [3.8, 4) is 16.8 Å². The normalized spacial score (nSPS) is 13.9. The molecule has 8 nitrogen and oxygen atoms in total. The number of hydrogen-bond donors (Lipinski definition) is 0. The number of aryl methyl sites for hydroxylation is 1. The summed E-state index contributed by atoms with van der Waals surface area (Å²) < 4.78 is 22.2. The Labute approximate surface area is 196 Å². The Morgan fingerprint density at radius 2 is 2.00 bits per heavy atom. The van der Waals surface area contributed by atoms with Crippen molar-refractivity contribution in [3.05, 3.63) is 72.6 Å². The molecule has 0 spiro atoms. The first-order valence-electron chi connectivity index (χ1n) is 11.1. The van der Waals surface area contributed by atoms with Crippen molar-refractivity contribution >= 4 is 16.9 Å². The lowest BCUT2D eigenvalue weighted by Gasteiger charge is -2.38. The first-order valence-corrected chi connectivity index (χ1v) is 11.1. The van der Waals surface area contributed by atoms with Gasteiger partial charge in [0.05, 0.1) is 36.1 Å². The lowest BCUT2D eigenvalue weighted by atomic mass is 9.92. The topological polar surface area (TPSA) is 78.1 Å². The molecule has 0 atom stereocenters. The van der Waals surface area contributed by atoms with E-state index in [1.165, 1.54) is 4.90 Å². The second-order valence-corrected chi connectivity index (χ2v) is 8.49. The predicted octanol–water partition coefficient (Wildman–Crippen LogP) is 3.65. The monoisotopic (exact) mass is 460 g/mol. The number of benzene rings is 1. The highest BCUT2D eigenvalue weighted by Crippen LogP contribution is 2.38. The molecule has 4 heterocycles. The van der Waals surface area contributed by atoms with Gasteiger partial charge in [0, 0.05) is 44.1 Å². The maximum atomic E-state index is 13.3. The Morgan fingerprint density at radius 3 is 2.71 bits per heavy atom. The molecule has 1 saturated heterocycles. The van der Waals surface area contributed by atoms with Gasteiger partial charge in [0.15, 0.2) is 11.5 Å². The summed E-state index contributed by atoms with van der Waals surface area (Å²) in [7, 11) is 1.66. The number of carbonyl (C=O) groups is 1. The number of ether oxygens (including phenoxy) is 1. The van der Waals surface area contributed by atoms with Crippen molar-refractivity contribution in [2.45, 2.75) is 19.4 Å². The zero-order valence-corrected chi connectivity index (χ0v) is 19.1. The molecule has 1 amide bonds. The standard InChI is InChI=1S/C25H25FN6O2/c1-16-4-6-20(7-5-16)32-24-22(23(29-32)19-13-30(14-19)25(33)17(2)26)21(8-9-27-24)18-12-28-31(15-18)10-11-34-3/h4-9,12,15,19H,2,10-11,13-14H2,1,3H3. The van der Waals surface area contributed by atoms with E-state index < -0.39 is 11.7 Å². The van der Waals surface area contributed by atoms with Crippen LogP contribution in [0.5, 0.6) is 0 Å². The van der Waals surface area contributed by atoms with Gasteiger partial charge >= 0.3 is 0 Å². The minimum Gasteiger partial charge on any atom is -0.383 e. The summed E-state index contributed by atoms with van der Waals surface area (Å²) in [4.78, 5) is 18.1. The number of fused-ring (bicyclic) bond motifs is 1. The van der Waals surface area contributed by atoms with Gasteiger partial charge in [-0.1, -0.05) is 24.3 Å². The van der Waals surface area contributed by atoms with Gasteiger partial charge in [-0.3, -0.25) is 9.48 Å². The highest BCUT2D eigenvalue weighted by atomic mass is 19.1. The molecule has 0 N–H and O–H groups in total. The molecule has 0 aliphatic carbocycles. The zero-order valence-electron chi connectivity index (χ0n) is 19.1. The van der Waals surface area contributed by atoms with E-state index in [-0.39, 0.29) is 5.92 Å². The fraction of sp³-hybridized carbons (Fsp3) is 0.280. The summed E-state index contributed by atoms with van der Waals surface area (Å²) in [5, 5.41) is 10.3. The van der Waals surface area contributed by atoms with Crippen LogP contribution >= 0.6 is 0 Å². The highest BCUT2D eigenvalue weighted by Gasteiger charge is 2.37. The number of aromatic nitrogens is 5. The van der Waals surface area contributed by atoms with Gasteiger partial charge in [-0.2, -0.15) is 10.2 Å². The summed E-state index contributed by atoms with van der Waals surface area (Å²) in [6, 6.07) is 10.0. The molecule has 0 unspecified atom stereocenters. The molecular formula is C25H25FN6O2. The van der Waals surface area contributed by atoms with Crippen molar-refractivity contribution < 1.29 is 13.9 Å². The van der Waals surface area contributed by atoms with Crippen LogP contribution in [0.4, 0.5) is 4.39 Å². The lowest BCUT2D eigenvalue weighted by Crippen LogP contribution is -2.48. The molecule has 1 aliphatic rings. The maximum Gasteiger partial charge on any atom is 0.282 e. The van der Waals surface area contributed by atoms with Gasteiger partial charge in [0.2, 0.25) is 0 Å². The van der Waals surface area contributed by atoms with Crippen molar-refractivity contribution in [1.29, 1.82) is 0 Å². The van der Waals surface area contributed by atoms with Crippen LogP contribution in [-0.4, -0.2) is 62.2 Å². The Morgan fingerprint density at radius 1 is 1.24 bits per heavy atom. The fourth-order valence-electron chi connectivity index (χ4n) is 4.26. The molecule has 1 aromatic carbocycles. The van der Waals surface area contributed by atoms with E-state index in [4.69, 9.17) is 9.84 Å². The number of methoxy groups -OCH3 is 1. The van der Waals surface area contributed by atoms with Crippen LogP contribution < -0.4 is 0 Å². The number of amides is 1. The summed E-state index contributed by atoms with van der Waals surface area (Å²) in [6.45, 7) is 7.13. The summed E-state index contributed by atoms with van der Waals surface area (Å²) in [6.07, 6.45) is 5.57. The molecule has 0 bridgehead atoms. The first-order chi connectivity index (χ1) is 16.5. The van der Waals surface area contributed by atoms with Crippen LogP contribution in [0.1, 0.15) is 17.2 Å². The van der Waals surface area contributed by atoms with Crippen LogP contribution in [0.2, 0.25) is 0 Å². The Hall–Kier alpha value is -3.85. The number of pyridine rings is 1. The third kappa shape index (κ3) is 3.88. The van der Waals surface area contributed by atoms with E-state index in [9.17, 15) is 9.18 Å². The second kappa shape index (κ2) is 8.83.